The first kappa shape index (κ1) is 21.3. The number of aromatic amines is 1. The van der Waals surface area contributed by atoms with E-state index in [0.29, 0.717) is 45.5 Å². The zero-order valence-corrected chi connectivity index (χ0v) is 18.6. The fourth-order valence-electron chi connectivity index (χ4n) is 4.20. The van der Waals surface area contributed by atoms with Gasteiger partial charge in [-0.25, -0.2) is 4.98 Å². The largest absolute Gasteiger partial charge is 0.454 e. The van der Waals surface area contributed by atoms with E-state index in [1.54, 1.807) is 46.2 Å². The van der Waals surface area contributed by atoms with Crippen molar-refractivity contribution >= 4 is 40.0 Å². The van der Waals surface area contributed by atoms with E-state index in [0.717, 1.165) is 0 Å². The van der Waals surface area contributed by atoms with Crippen LogP contribution in [0.3, 0.4) is 0 Å². The number of nitrogens with one attached hydrogen (secondary N) is 1. The fraction of sp³-hybridized carbons (Fsp3) is 0.304. The molecule has 3 aromatic rings. The molecule has 2 aliphatic heterocycles. The number of carbonyl (C=O) groups excluding carboxylic acids is 2. The number of halogens is 1. The molecule has 170 valence electrons. The van der Waals surface area contributed by atoms with Crippen molar-refractivity contribution in [3.8, 4) is 11.5 Å². The molecular weight excluding hydrogens is 448 g/mol. The predicted molar refractivity (Wildman–Crippen MR) is 121 cm³/mol. The first-order chi connectivity index (χ1) is 15.9. The zero-order chi connectivity index (χ0) is 23.1. The maximum absolute atomic E-state index is 13.3. The van der Waals surface area contributed by atoms with E-state index in [4.69, 9.17) is 21.1 Å². The minimum absolute atomic E-state index is 0.112. The van der Waals surface area contributed by atoms with Crippen molar-refractivity contribution in [2.45, 2.75) is 19.9 Å². The molecule has 1 atom stereocenters. The highest BCUT2D eigenvalue weighted by atomic mass is 35.5. The number of nitrogens with zero attached hydrogens (tertiary/aromatic N) is 3. The molecule has 10 heteroatoms. The highest BCUT2D eigenvalue weighted by molar-refractivity contribution is 6.31. The average molecular weight is 469 g/mol. The number of H-pyrrole nitrogens is 1. The Bertz CT molecular complexity index is 1320. The van der Waals surface area contributed by atoms with Crippen molar-refractivity contribution in [2.75, 3.05) is 24.8 Å². The predicted octanol–water partition coefficient (Wildman–Crippen LogP) is 2.71. The summed E-state index contributed by atoms with van der Waals surface area (Å²) in [5, 5.41) is 0.904. The number of carbonyl (C=O) groups is 2. The Morgan fingerprint density at radius 2 is 2.03 bits per heavy atom. The Kier molecular flexibility index (Phi) is 5.41. The minimum Gasteiger partial charge on any atom is -0.454 e. The van der Waals surface area contributed by atoms with Gasteiger partial charge in [0.2, 0.25) is 18.6 Å². The second kappa shape index (κ2) is 8.40. The van der Waals surface area contributed by atoms with Crippen LogP contribution in [-0.4, -0.2) is 46.6 Å². The number of aromatic nitrogens is 2. The molecule has 2 aliphatic rings. The second-order valence-electron chi connectivity index (χ2n) is 7.97. The third-order valence-corrected chi connectivity index (χ3v) is 6.13. The average Bonchev–Trinajstić information content (AvgIpc) is 3.42. The van der Waals surface area contributed by atoms with Crippen LogP contribution in [0, 0.1) is 5.92 Å². The Morgan fingerprint density at radius 1 is 1.21 bits per heavy atom. The van der Waals surface area contributed by atoms with E-state index in [9.17, 15) is 14.4 Å². The van der Waals surface area contributed by atoms with Gasteiger partial charge in [-0.1, -0.05) is 11.6 Å². The summed E-state index contributed by atoms with van der Waals surface area (Å²) < 4.78 is 10.7. The lowest BCUT2D eigenvalue weighted by molar-refractivity contribution is -0.136. The fourth-order valence-corrected chi connectivity index (χ4v) is 4.36. The van der Waals surface area contributed by atoms with Gasteiger partial charge in [-0.2, -0.15) is 0 Å². The highest BCUT2D eigenvalue weighted by Gasteiger charge is 2.37. The summed E-state index contributed by atoms with van der Waals surface area (Å²) in [6.07, 6.45) is 0.112. The molecular formula is C23H21ClN4O5. The van der Waals surface area contributed by atoms with E-state index in [-0.39, 0.29) is 43.7 Å². The van der Waals surface area contributed by atoms with Gasteiger partial charge in [0.15, 0.2) is 11.5 Å². The maximum atomic E-state index is 13.3. The summed E-state index contributed by atoms with van der Waals surface area (Å²) in [6.45, 7) is 2.80. The van der Waals surface area contributed by atoms with Gasteiger partial charge >= 0.3 is 0 Å². The summed E-state index contributed by atoms with van der Waals surface area (Å²) >= 11 is 6.03. The molecule has 1 saturated heterocycles. The quantitative estimate of drug-likeness (QED) is 0.617. The van der Waals surface area contributed by atoms with Crippen LogP contribution in [0.5, 0.6) is 11.5 Å². The molecule has 1 aromatic heterocycles. The van der Waals surface area contributed by atoms with Crippen molar-refractivity contribution in [3.05, 3.63) is 57.6 Å². The number of benzene rings is 2. The third-order valence-electron chi connectivity index (χ3n) is 5.89. The highest BCUT2D eigenvalue weighted by Crippen LogP contribution is 2.37. The number of anilines is 1. The van der Waals surface area contributed by atoms with Crippen LogP contribution in [0.4, 0.5) is 5.69 Å². The molecule has 0 aliphatic carbocycles. The van der Waals surface area contributed by atoms with E-state index >= 15 is 0 Å². The van der Waals surface area contributed by atoms with Gasteiger partial charge in [0, 0.05) is 36.3 Å². The summed E-state index contributed by atoms with van der Waals surface area (Å²) in [7, 11) is 0. The van der Waals surface area contributed by atoms with Gasteiger partial charge in [-0.05, 0) is 37.3 Å². The minimum atomic E-state index is -0.496. The zero-order valence-electron chi connectivity index (χ0n) is 17.8. The van der Waals surface area contributed by atoms with Gasteiger partial charge in [0.25, 0.3) is 5.56 Å². The van der Waals surface area contributed by atoms with Crippen LogP contribution < -0.4 is 19.9 Å². The summed E-state index contributed by atoms with van der Waals surface area (Å²) in [5.74, 6) is 0.787. The maximum Gasteiger partial charge on any atom is 0.258 e. The summed E-state index contributed by atoms with van der Waals surface area (Å²) in [5.41, 5.74) is 0.843. The molecule has 2 amide bonds. The Hall–Kier alpha value is -3.59. The molecule has 1 unspecified atom stereocenters. The van der Waals surface area contributed by atoms with Crippen molar-refractivity contribution in [1.82, 2.24) is 14.9 Å². The van der Waals surface area contributed by atoms with E-state index in [2.05, 4.69) is 9.97 Å². The van der Waals surface area contributed by atoms with Gasteiger partial charge in [-0.3, -0.25) is 14.4 Å². The third kappa shape index (κ3) is 4.00. The lowest BCUT2D eigenvalue weighted by Gasteiger charge is -2.24. The van der Waals surface area contributed by atoms with Crippen molar-refractivity contribution < 1.29 is 19.1 Å². The first-order valence-electron chi connectivity index (χ1n) is 10.6. The summed E-state index contributed by atoms with van der Waals surface area (Å²) in [6, 6.07) is 10.2. The molecule has 0 bridgehead atoms. The van der Waals surface area contributed by atoms with E-state index in [1.165, 1.54) is 0 Å². The van der Waals surface area contributed by atoms with E-state index in [1.807, 2.05) is 6.92 Å². The molecule has 0 radical (unpaired) electrons. The number of amides is 2. The normalized spacial score (nSPS) is 17.1. The number of hydrogen-bond acceptors (Lipinski definition) is 6. The summed E-state index contributed by atoms with van der Waals surface area (Å²) in [4.78, 5) is 48.8. The number of ether oxygens (including phenoxy) is 2. The molecule has 33 heavy (non-hydrogen) atoms. The second-order valence-corrected chi connectivity index (χ2v) is 8.41. The van der Waals surface area contributed by atoms with Crippen LogP contribution >= 0.6 is 11.6 Å². The number of fused-ring (bicyclic) bond motifs is 2. The van der Waals surface area contributed by atoms with Crippen LogP contribution in [0.2, 0.25) is 5.02 Å². The SMILES string of the molecule is CCN(Cc1nc2cc(Cl)ccc2c(=O)[nH]1)C(=O)C1CC(=O)N(c2ccc3c(c2)OCO3)C1. The standard InChI is InChI=1S/C23H21ClN4O5/c1-2-27(11-20-25-17-8-14(24)3-5-16(17)22(30)26-20)23(31)13-7-21(29)28(10-13)15-4-6-18-19(9-15)33-12-32-18/h3-6,8-9,13H,2,7,10-12H2,1H3,(H,25,26,30). The Balaban J connectivity index is 1.33. The number of hydrogen-bond donors (Lipinski definition) is 1. The van der Waals surface area contributed by atoms with E-state index < -0.39 is 5.92 Å². The molecule has 0 saturated carbocycles. The lowest BCUT2D eigenvalue weighted by atomic mass is 10.1. The smallest absolute Gasteiger partial charge is 0.258 e. The first-order valence-corrected chi connectivity index (χ1v) is 11.0. The van der Waals surface area contributed by atoms with Crippen molar-refractivity contribution in [3.63, 3.8) is 0 Å². The number of rotatable bonds is 5. The van der Waals surface area contributed by atoms with Crippen LogP contribution in [-0.2, 0) is 16.1 Å². The van der Waals surface area contributed by atoms with Gasteiger partial charge in [0.05, 0.1) is 23.4 Å². The molecule has 0 spiro atoms. The van der Waals surface area contributed by atoms with Crippen LogP contribution in [0.25, 0.3) is 10.9 Å². The molecule has 9 nitrogen and oxygen atoms in total. The van der Waals surface area contributed by atoms with Crippen molar-refractivity contribution in [1.29, 1.82) is 0 Å². The van der Waals surface area contributed by atoms with Crippen LogP contribution in [0.1, 0.15) is 19.2 Å². The molecule has 1 N–H and O–H groups in total. The Morgan fingerprint density at radius 3 is 2.85 bits per heavy atom. The lowest BCUT2D eigenvalue weighted by Crippen LogP contribution is -2.37. The molecule has 5 rings (SSSR count). The molecule has 1 fully saturated rings. The van der Waals surface area contributed by atoms with Gasteiger partial charge in [-0.15, -0.1) is 0 Å². The molecule has 2 aromatic carbocycles. The topological polar surface area (TPSA) is 105 Å². The van der Waals surface area contributed by atoms with Gasteiger partial charge in [0.1, 0.15) is 5.82 Å². The van der Waals surface area contributed by atoms with Crippen molar-refractivity contribution in [2.24, 2.45) is 5.92 Å². The Labute approximate surface area is 193 Å². The monoisotopic (exact) mass is 468 g/mol. The van der Waals surface area contributed by atoms with Crippen LogP contribution in [0.15, 0.2) is 41.2 Å². The molecule has 3 heterocycles. The van der Waals surface area contributed by atoms with Gasteiger partial charge < -0.3 is 24.3 Å².